The number of benzene rings is 1. The van der Waals surface area contributed by atoms with Gasteiger partial charge >= 0.3 is 0 Å². The number of amides is 1. The number of aromatic nitrogens is 5. The number of nitrogens with zero attached hydrogens (tertiary/aromatic N) is 6. The first-order valence-corrected chi connectivity index (χ1v) is 10.5. The number of hydrogen-bond acceptors (Lipinski definition) is 7. The molecule has 0 aliphatic carbocycles. The molecule has 0 unspecified atom stereocenters. The van der Waals surface area contributed by atoms with Crippen molar-refractivity contribution < 1.29 is 18.3 Å². The van der Waals surface area contributed by atoms with E-state index < -0.39 is 11.8 Å². The van der Waals surface area contributed by atoms with E-state index in [1.54, 1.807) is 15.6 Å². The summed E-state index contributed by atoms with van der Waals surface area (Å²) >= 11 is 0. The highest BCUT2D eigenvalue weighted by Gasteiger charge is 2.30. The predicted octanol–water partition coefficient (Wildman–Crippen LogP) is 3.50. The number of ether oxygens (including phenoxy) is 1. The number of para-hydroxylation sites is 1. The van der Waals surface area contributed by atoms with Crippen LogP contribution in [0.5, 0.6) is 11.6 Å². The van der Waals surface area contributed by atoms with Gasteiger partial charge in [0.2, 0.25) is 17.7 Å². The Balaban J connectivity index is 1.54. The van der Waals surface area contributed by atoms with Gasteiger partial charge in [-0.2, -0.15) is 14.5 Å². The van der Waals surface area contributed by atoms with E-state index in [2.05, 4.69) is 26.6 Å². The molecule has 11 heteroatoms. The number of nitrogens with two attached hydrogens (primary N) is 1. The van der Waals surface area contributed by atoms with Gasteiger partial charge in [-0.15, -0.1) is 0 Å². The molecular formula is C23H19F2N7O2. The highest BCUT2D eigenvalue weighted by Crippen LogP contribution is 2.35. The second kappa shape index (κ2) is 8.50. The lowest BCUT2D eigenvalue weighted by Crippen LogP contribution is -2.27. The molecule has 0 radical (unpaired) electrons. The number of nitrogen functional groups attached to an aromatic ring is 1. The molecule has 1 aliphatic rings. The molecule has 1 aliphatic heterocycles. The summed E-state index contributed by atoms with van der Waals surface area (Å²) in [6.07, 6.45) is 3.21. The van der Waals surface area contributed by atoms with Crippen LogP contribution in [-0.2, 0) is 4.79 Å². The van der Waals surface area contributed by atoms with E-state index in [-0.39, 0.29) is 40.7 Å². The number of fused-ring (bicyclic) bond motifs is 1. The molecule has 0 bridgehead atoms. The summed E-state index contributed by atoms with van der Waals surface area (Å²) < 4.78 is 36.0. The highest BCUT2D eigenvalue weighted by molar-refractivity contribution is 5.98. The van der Waals surface area contributed by atoms with E-state index >= 15 is 4.39 Å². The SMILES string of the molecule is C=CC(=O)N1CC[C@@H](n2nc(-c3ccc(Oc4ccccc4F)nc3F)c3c(N)ncnc32)C1. The number of carbonyl (C=O) groups excluding carboxylic acids is 1. The number of carbonyl (C=O) groups is 1. The number of halogens is 2. The van der Waals surface area contributed by atoms with Crippen LogP contribution in [0.3, 0.4) is 0 Å². The van der Waals surface area contributed by atoms with Gasteiger partial charge < -0.3 is 15.4 Å². The molecule has 2 N–H and O–H groups in total. The van der Waals surface area contributed by atoms with Crippen LogP contribution in [0.1, 0.15) is 12.5 Å². The fourth-order valence-electron chi connectivity index (χ4n) is 4.00. The maximum Gasteiger partial charge on any atom is 0.246 e. The van der Waals surface area contributed by atoms with E-state index in [1.165, 1.54) is 42.7 Å². The highest BCUT2D eigenvalue weighted by atomic mass is 19.1. The van der Waals surface area contributed by atoms with Crippen LogP contribution < -0.4 is 10.5 Å². The molecule has 0 spiro atoms. The van der Waals surface area contributed by atoms with Crippen LogP contribution in [0.15, 0.2) is 55.4 Å². The minimum Gasteiger partial charge on any atom is -0.436 e. The number of hydrogen-bond donors (Lipinski definition) is 1. The lowest BCUT2D eigenvalue weighted by Gasteiger charge is -2.14. The normalized spacial score (nSPS) is 15.6. The van der Waals surface area contributed by atoms with Crippen molar-refractivity contribution in [1.82, 2.24) is 29.6 Å². The van der Waals surface area contributed by atoms with Gasteiger partial charge in [0.1, 0.15) is 17.8 Å². The third-order valence-electron chi connectivity index (χ3n) is 5.64. The van der Waals surface area contributed by atoms with Crippen molar-refractivity contribution in [3.05, 3.63) is 67.1 Å². The first kappa shape index (κ1) is 21.4. The maximum absolute atomic E-state index is 15.1. The maximum atomic E-state index is 15.1. The molecule has 34 heavy (non-hydrogen) atoms. The molecule has 9 nitrogen and oxygen atoms in total. The minimum atomic E-state index is -0.876. The average Bonchev–Trinajstić information content (AvgIpc) is 3.46. The molecule has 1 amide bonds. The Morgan fingerprint density at radius 1 is 1.21 bits per heavy atom. The minimum absolute atomic E-state index is 0.0585. The summed E-state index contributed by atoms with van der Waals surface area (Å²) in [5.74, 6) is -1.70. The second-order valence-corrected chi connectivity index (χ2v) is 7.70. The molecule has 4 heterocycles. The van der Waals surface area contributed by atoms with Gasteiger partial charge in [0.15, 0.2) is 17.2 Å². The summed E-state index contributed by atoms with van der Waals surface area (Å²) in [4.78, 5) is 25.8. The zero-order valence-electron chi connectivity index (χ0n) is 17.9. The first-order chi connectivity index (χ1) is 16.5. The summed E-state index contributed by atoms with van der Waals surface area (Å²) in [5.41, 5.74) is 6.80. The largest absolute Gasteiger partial charge is 0.436 e. The fraction of sp³-hybridized carbons (Fsp3) is 0.174. The van der Waals surface area contributed by atoms with Crippen LogP contribution in [-0.4, -0.2) is 48.6 Å². The van der Waals surface area contributed by atoms with Crippen molar-refractivity contribution in [2.45, 2.75) is 12.5 Å². The monoisotopic (exact) mass is 463 g/mol. The molecule has 3 aromatic heterocycles. The van der Waals surface area contributed by atoms with Crippen molar-refractivity contribution in [1.29, 1.82) is 0 Å². The summed E-state index contributed by atoms with van der Waals surface area (Å²) in [5, 5.41) is 4.97. The van der Waals surface area contributed by atoms with Crippen LogP contribution in [0.4, 0.5) is 14.6 Å². The number of pyridine rings is 1. The van der Waals surface area contributed by atoms with Crippen molar-refractivity contribution in [2.24, 2.45) is 0 Å². The molecule has 1 aromatic carbocycles. The quantitative estimate of drug-likeness (QED) is 0.356. The summed E-state index contributed by atoms with van der Waals surface area (Å²) in [6, 6.07) is 8.41. The molecule has 5 rings (SSSR count). The topological polar surface area (TPSA) is 112 Å². The van der Waals surface area contributed by atoms with Crippen LogP contribution in [0.2, 0.25) is 0 Å². The second-order valence-electron chi connectivity index (χ2n) is 7.70. The number of rotatable bonds is 5. The Morgan fingerprint density at radius 3 is 2.79 bits per heavy atom. The van der Waals surface area contributed by atoms with Crippen molar-refractivity contribution >= 4 is 22.8 Å². The Kier molecular flexibility index (Phi) is 5.36. The lowest BCUT2D eigenvalue weighted by atomic mass is 10.1. The van der Waals surface area contributed by atoms with Gasteiger partial charge in [-0.25, -0.2) is 19.0 Å². The molecule has 1 saturated heterocycles. The molecule has 4 aromatic rings. The molecule has 1 atom stereocenters. The van der Waals surface area contributed by atoms with E-state index in [1.807, 2.05) is 0 Å². The Morgan fingerprint density at radius 2 is 2.03 bits per heavy atom. The zero-order valence-corrected chi connectivity index (χ0v) is 17.9. The molecular weight excluding hydrogens is 444 g/mol. The van der Waals surface area contributed by atoms with E-state index in [9.17, 15) is 9.18 Å². The van der Waals surface area contributed by atoms with E-state index in [0.29, 0.717) is 30.5 Å². The van der Waals surface area contributed by atoms with Crippen LogP contribution in [0.25, 0.3) is 22.3 Å². The lowest BCUT2D eigenvalue weighted by molar-refractivity contribution is -0.125. The summed E-state index contributed by atoms with van der Waals surface area (Å²) in [7, 11) is 0. The van der Waals surface area contributed by atoms with Gasteiger partial charge in [-0.1, -0.05) is 18.7 Å². The molecule has 1 fully saturated rings. The van der Waals surface area contributed by atoms with Crippen LogP contribution >= 0.6 is 0 Å². The average molecular weight is 463 g/mol. The Labute approximate surface area is 192 Å². The van der Waals surface area contributed by atoms with Crippen molar-refractivity contribution in [3.63, 3.8) is 0 Å². The molecule has 0 saturated carbocycles. The van der Waals surface area contributed by atoms with E-state index in [4.69, 9.17) is 10.5 Å². The van der Waals surface area contributed by atoms with Gasteiger partial charge in [0, 0.05) is 19.2 Å². The van der Waals surface area contributed by atoms with Gasteiger partial charge in [0.25, 0.3) is 0 Å². The third-order valence-corrected chi connectivity index (χ3v) is 5.64. The molecule has 172 valence electrons. The number of anilines is 1. The number of likely N-dealkylation sites (tertiary alicyclic amines) is 1. The smallest absolute Gasteiger partial charge is 0.246 e. The predicted molar refractivity (Wildman–Crippen MR) is 120 cm³/mol. The van der Waals surface area contributed by atoms with Gasteiger partial charge in [-0.3, -0.25) is 4.79 Å². The van der Waals surface area contributed by atoms with Gasteiger partial charge in [0.05, 0.1) is 17.0 Å². The van der Waals surface area contributed by atoms with E-state index in [0.717, 1.165) is 0 Å². The fourth-order valence-corrected chi connectivity index (χ4v) is 4.00. The van der Waals surface area contributed by atoms with Gasteiger partial charge in [-0.05, 0) is 30.7 Å². The zero-order chi connectivity index (χ0) is 23.8. The summed E-state index contributed by atoms with van der Waals surface area (Å²) in [6.45, 7) is 4.46. The Bertz CT molecular complexity index is 1420. The third kappa shape index (κ3) is 3.70. The van der Waals surface area contributed by atoms with Crippen LogP contribution in [0, 0.1) is 11.8 Å². The van der Waals surface area contributed by atoms with Crippen molar-refractivity contribution in [3.8, 4) is 22.9 Å². The standard InChI is InChI=1S/C23H19F2N7O2/c1-2-18(33)31-10-9-13(11-31)32-23-19(22(26)27-12-28-23)20(30-32)14-7-8-17(29-21(14)25)34-16-6-4-3-5-15(16)24/h2-8,12-13H,1,9-11H2,(H2,26,27,28)/t13-/m1/s1. The first-order valence-electron chi connectivity index (χ1n) is 10.5. The Hall–Kier alpha value is -4.41. The van der Waals surface area contributed by atoms with Crippen molar-refractivity contribution in [2.75, 3.05) is 18.8 Å².